The molecule has 0 amide bonds. The molecule has 88 valence electrons. The average molecular weight is 224 g/mol. The molecule has 0 bridgehead atoms. The van der Waals surface area contributed by atoms with Crippen molar-refractivity contribution in [3.8, 4) is 0 Å². The van der Waals surface area contributed by atoms with Crippen molar-refractivity contribution < 1.29 is 0 Å². The smallest absolute Gasteiger partial charge is 0.0178 e. The van der Waals surface area contributed by atoms with Crippen LogP contribution in [0.4, 0.5) is 0 Å². The highest BCUT2D eigenvalue weighted by molar-refractivity contribution is 5.75. The van der Waals surface area contributed by atoms with Gasteiger partial charge < -0.3 is 0 Å². The van der Waals surface area contributed by atoms with E-state index in [0.717, 1.165) is 5.92 Å². The van der Waals surface area contributed by atoms with Crippen molar-refractivity contribution in [2.24, 2.45) is 5.92 Å². The minimum atomic E-state index is 0.833. The van der Waals surface area contributed by atoms with Crippen LogP contribution >= 0.6 is 0 Å². The van der Waals surface area contributed by atoms with Crippen LogP contribution in [0.15, 0.2) is 66.4 Å². The van der Waals surface area contributed by atoms with Crippen molar-refractivity contribution in [1.29, 1.82) is 0 Å². The third kappa shape index (κ3) is 5.75. The van der Waals surface area contributed by atoms with Crippen LogP contribution in [-0.2, 0) is 0 Å². The van der Waals surface area contributed by atoms with E-state index in [1.54, 1.807) is 0 Å². The number of rotatable bonds is 1. The Bertz CT molecular complexity index is 435. The highest BCUT2D eigenvalue weighted by Crippen LogP contribution is 2.16. The van der Waals surface area contributed by atoms with E-state index < -0.39 is 0 Å². The molecule has 0 spiro atoms. The van der Waals surface area contributed by atoms with Gasteiger partial charge in [0.05, 0.1) is 0 Å². The van der Waals surface area contributed by atoms with Crippen LogP contribution in [0, 0.1) is 5.92 Å². The molecular formula is C17H20. The summed E-state index contributed by atoms with van der Waals surface area (Å²) >= 11 is 0. The Morgan fingerprint density at radius 3 is 2.24 bits per heavy atom. The van der Waals surface area contributed by atoms with E-state index in [0.29, 0.717) is 0 Å². The molecule has 0 heterocycles. The lowest BCUT2D eigenvalue weighted by atomic mass is 10.1. The Balaban J connectivity index is 0.000000317. The molecule has 0 aromatic heterocycles. The molecule has 0 atom stereocenters. The lowest BCUT2D eigenvalue weighted by molar-refractivity contribution is 0.737. The van der Waals surface area contributed by atoms with Crippen molar-refractivity contribution >= 4 is 5.57 Å². The van der Waals surface area contributed by atoms with Gasteiger partial charge in [0.25, 0.3) is 0 Å². The first-order chi connectivity index (χ1) is 8.20. The summed E-state index contributed by atoms with van der Waals surface area (Å²) in [5.74, 6) is 0.833. The van der Waals surface area contributed by atoms with E-state index in [4.69, 9.17) is 0 Å². The second kappa shape index (κ2) is 7.49. The lowest BCUT2D eigenvalue weighted by Crippen LogP contribution is -1.77. The molecular weight excluding hydrogens is 204 g/mol. The SMILES string of the molecule is C1=CC=CC(c2ccccc2)=CC=1.CC(C)C. The summed E-state index contributed by atoms with van der Waals surface area (Å²) in [6.45, 7) is 6.50. The molecule has 0 nitrogen and oxygen atoms in total. The Kier molecular flexibility index (Phi) is 5.85. The first-order valence-electron chi connectivity index (χ1n) is 6.05. The molecule has 1 aliphatic carbocycles. The zero-order valence-corrected chi connectivity index (χ0v) is 10.9. The van der Waals surface area contributed by atoms with Gasteiger partial charge in [-0.3, -0.25) is 0 Å². The van der Waals surface area contributed by atoms with Crippen molar-refractivity contribution in [3.63, 3.8) is 0 Å². The summed E-state index contributed by atoms with van der Waals surface area (Å²) in [7, 11) is 0. The molecule has 1 aromatic rings. The predicted molar refractivity (Wildman–Crippen MR) is 76.7 cm³/mol. The van der Waals surface area contributed by atoms with Crippen molar-refractivity contribution in [3.05, 3.63) is 72.0 Å². The minimum absolute atomic E-state index is 0.833. The third-order valence-electron chi connectivity index (χ3n) is 1.93. The fourth-order valence-corrected chi connectivity index (χ4v) is 1.28. The first kappa shape index (κ1) is 13.3. The van der Waals surface area contributed by atoms with Gasteiger partial charge in [-0.2, -0.15) is 0 Å². The predicted octanol–water partition coefficient (Wildman–Crippen LogP) is 5.01. The molecule has 0 aliphatic heterocycles. The molecule has 2 rings (SSSR count). The van der Waals surface area contributed by atoms with E-state index >= 15 is 0 Å². The molecule has 0 unspecified atom stereocenters. The van der Waals surface area contributed by atoms with Crippen LogP contribution in [-0.4, -0.2) is 0 Å². The maximum absolute atomic E-state index is 3.03. The van der Waals surface area contributed by atoms with E-state index in [1.807, 2.05) is 36.4 Å². The molecule has 1 aromatic carbocycles. The Morgan fingerprint density at radius 1 is 0.941 bits per heavy atom. The molecule has 17 heavy (non-hydrogen) atoms. The summed E-state index contributed by atoms with van der Waals surface area (Å²) in [4.78, 5) is 0. The number of benzene rings is 1. The monoisotopic (exact) mass is 224 g/mol. The first-order valence-corrected chi connectivity index (χ1v) is 6.05. The van der Waals surface area contributed by atoms with Gasteiger partial charge in [-0.1, -0.05) is 63.3 Å². The van der Waals surface area contributed by atoms with Crippen molar-refractivity contribution in [2.45, 2.75) is 20.8 Å². The van der Waals surface area contributed by atoms with Crippen LogP contribution in [0.25, 0.3) is 5.57 Å². The summed E-state index contributed by atoms with van der Waals surface area (Å²) < 4.78 is 0. The van der Waals surface area contributed by atoms with Crippen LogP contribution in [0.3, 0.4) is 0 Å². The average Bonchev–Trinajstić information content (AvgIpc) is 2.58. The van der Waals surface area contributed by atoms with E-state index in [9.17, 15) is 0 Å². The lowest BCUT2D eigenvalue weighted by Gasteiger charge is -1.99. The van der Waals surface area contributed by atoms with Gasteiger partial charge in [0.15, 0.2) is 0 Å². The Morgan fingerprint density at radius 2 is 1.59 bits per heavy atom. The van der Waals surface area contributed by atoms with Gasteiger partial charge in [-0.05, 0) is 35.3 Å². The summed E-state index contributed by atoms with van der Waals surface area (Å²) in [5.41, 5.74) is 5.50. The molecule has 1 aliphatic rings. The third-order valence-corrected chi connectivity index (χ3v) is 1.93. The normalized spacial score (nSPS) is 12.8. The van der Waals surface area contributed by atoms with Crippen molar-refractivity contribution in [2.75, 3.05) is 0 Å². The molecule has 0 fully saturated rings. The minimum Gasteiger partial charge on any atom is -0.121 e. The number of hydrogen-bond acceptors (Lipinski definition) is 0. The maximum Gasteiger partial charge on any atom is -0.0178 e. The van der Waals surface area contributed by atoms with Crippen LogP contribution in [0.1, 0.15) is 26.3 Å². The maximum atomic E-state index is 3.03. The van der Waals surface area contributed by atoms with Crippen LogP contribution in [0.2, 0.25) is 0 Å². The van der Waals surface area contributed by atoms with Crippen molar-refractivity contribution in [1.82, 2.24) is 0 Å². The van der Waals surface area contributed by atoms with Gasteiger partial charge >= 0.3 is 0 Å². The van der Waals surface area contributed by atoms with Crippen LogP contribution in [0.5, 0.6) is 0 Å². The zero-order valence-electron chi connectivity index (χ0n) is 10.9. The van der Waals surface area contributed by atoms with E-state index in [1.165, 1.54) is 11.1 Å². The van der Waals surface area contributed by atoms with Gasteiger partial charge in [0, 0.05) is 0 Å². The van der Waals surface area contributed by atoms with E-state index in [-0.39, 0.29) is 0 Å². The second-order valence-corrected chi connectivity index (χ2v) is 4.58. The fraction of sp³-hybridized carbons (Fsp3) is 0.235. The Hall–Kier alpha value is -1.78. The van der Waals surface area contributed by atoms with Gasteiger partial charge in [-0.25, -0.2) is 0 Å². The summed E-state index contributed by atoms with van der Waals surface area (Å²) in [5, 5.41) is 0. The molecule has 0 N–H and O–H groups in total. The van der Waals surface area contributed by atoms with Gasteiger partial charge in [-0.15, -0.1) is 5.73 Å². The fourth-order valence-electron chi connectivity index (χ4n) is 1.28. The number of allylic oxidation sites excluding steroid dienone is 5. The highest BCUT2D eigenvalue weighted by Gasteiger charge is 1.94. The highest BCUT2D eigenvalue weighted by atomic mass is 14.0. The second-order valence-electron chi connectivity index (χ2n) is 4.58. The summed E-state index contributed by atoms with van der Waals surface area (Å²) in [6.07, 6.45) is 10.00. The van der Waals surface area contributed by atoms with Gasteiger partial charge in [0.2, 0.25) is 0 Å². The molecule has 0 saturated carbocycles. The molecule has 0 saturated heterocycles. The van der Waals surface area contributed by atoms with E-state index in [2.05, 4.69) is 50.8 Å². The topological polar surface area (TPSA) is 0 Å². The largest absolute Gasteiger partial charge is 0.121 e. The van der Waals surface area contributed by atoms with Crippen LogP contribution < -0.4 is 0 Å². The number of hydrogen-bond donors (Lipinski definition) is 0. The molecule has 0 heteroatoms. The zero-order chi connectivity index (χ0) is 12.5. The Labute approximate surface area is 105 Å². The van der Waals surface area contributed by atoms with Gasteiger partial charge in [0.1, 0.15) is 0 Å². The quantitative estimate of drug-likeness (QED) is 0.588. The summed E-state index contributed by atoms with van der Waals surface area (Å²) in [6, 6.07) is 10.3. The molecule has 0 radical (unpaired) electrons. The standard InChI is InChI=1S/C13H10.C4H10/c1-2-5-9-12(8-4-1)13-10-6-3-7-11-13;1-4(2)3/h1,3-11H;4H,1-3H3.